The molecule has 0 bridgehead atoms. The van der Waals surface area contributed by atoms with Gasteiger partial charge in [0.25, 0.3) is 0 Å². The fraction of sp³-hybridized carbons (Fsp3) is 0.409. The van der Waals surface area contributed by atoms with E-state index in [1.54, 1.807) is 11.8 Å². The quantitative estimate of drug-likeness (QED) is 0.711. The second kappa shape index (κ2) is 10.9. The number of rotatable bonds is 8. The van der Waals surface area contributed by atoms with Crippen LogP contribution in [-0.2, 0) is 23.6 Å². The number of thioether (sulfide) groups is 1. The lowest BCUT2D eigenvalue weighted by Crippen LogP contribution is -2.43. The van der Waals surface area contributed by atoms with Crippen LogP contribution in [0.3, 0.4) is 0 Å². The number of nitrogens with zero attached hydrogens (tertiary/aromatic N) is 2. The van der Waals surface area contributed by atoms with Crippen LogP contribution in [0.25, 0.3) is 0 Å². The third-order valence-corrected chi connectivity index (χ3v) is 6.19. The highest BCUT2D eigenvalue weighted by Crippen LogP contribution is 2.15. The van der Waals surface area contributed by atoms with Crippen molar-refractivity contribution in [2.75, 3.05) is 39.0 Å². The van der Waals surface area contributed by atoms with E-state index in [1.165, 1.54) is 11.1 Å². The smallest absolute Gasteiger partial charge is 0.230 e. The van der Waals surface area contributed by atoms with Gasteiger partial charge < -0.3 is 10.2 Å². The molecule has 0 saturated carbocycles. The van der Waals surface area contributed by atoms with Crippen LogP contribution in [0.5, 0.6) is 0 Å². The van der Waals surface area contributed by atoms with Gasteiger partial charge in [-0.3, -0.25) is 9.69 Å². The average Bonchev–Trinajstić information content (AvgIpc) is 2.71. The molecular weight excluding hydrogens is 390 g/mol. The fourth-order valence-corrected chi connectivity index (χ4v) is 4.06. The van der Waals surface area contributed by atoms with Gasteiger partial charge in [-0.1, -0.05) is 48.0 Å². The number of amides is 1. The number of likely N-dealkylation sites (N-methyl/N-ethyl adjacent to an activating group) is 1. The first-order valence-corrected chi connectivity index (χ1v) is 11.2. The van der Waals surface area contributed by atoms with Gasteiger partial charge in [-0.25, -0.2) is 0 Å². The second-order valence-electron chi connectivity index (χ2n) is 7.29. The molecule has 1 heterocycles. The maximum absolute atomic E-state index is 12.1. The van der Waals surface area contributed by atoms with Gasteiger partial charge in [-0.2, -0.15) is 0 Å². The van der Waals surface area contributed by atoms with Crippen molar-refractivity contribution in [3.63, 3.8) is 0 Å². The van der Waals surface area contributed by atoms with Gasteiger partial charge in [0.05, 0.1) is 5.75 Å². The first-order valence-electron chi connectivity index (χ1n) is 9.66. The van der Waals surface area contributed by atoms with E-state index in [9.17, 15) is 4.79 Å². The van der Waals surface area contributed by atoms with E-state index in [1.807, 2.05) is 24.3 Å². The van der Waals surface area contributed by atoms with Gasteiger partial charge in [0.15, 0.2) is 0 Å². The second-order valence-corrected chi connectivity index (χ2v) is 8.71. The normalized spacial score (nSPS) is 15.5. The third-order valence-electron chi connectivity index (χ3n) is 4.93. The topological polar surface area (TPSA) is 35.6 Å². The van der Waals surface area contributed by atoms with Crippen LogP contribution in [0.1, 0.15) is 16.7 Å². The molecule has 4 nitrogen and oxygen atoms in total. The summed E-state index contributed by atoms with van der Waals surface area (Å²) in [6.07, 6.45) is 0. The maximum Gasteiger partial charge on any atom is 0.230 e. The van der Waals surface area contributed by atoms with Crippen LogP contribution < -0.4 is 5.32 Å². The lowest BCUT2D eigenvalue weighted by molar-refractivity contribution is -0.118. The summed E-state index contributed by atoms with van der Waals surface area (Å²) >= 11 is 7.50. The number of hydrogen-bond donors (Lipinski definition) is 1. The van der Waals surface area contributed by atoms with Crippen molar-refractivity contribution in [2.45, 2.75) is 18.8 Å². The Morgan fingerprint density at radius 1 is 0.964 bits per heavy atom. The number of carbonyl (C=O) groups is 1. The van der Waals surface area contributed by atoms with E-state index in [-0.39, 0.29) is 5.91 Å². The van der Waals surface area contributed by atoms with Crippen LogP contribution in [-0.4, -0.2) is 54.7 Å². The summed E-state index contributed by atoms with van der Waals surface area (Å²) in [6.45, 7) is 6.11. The Bertz CT molecular complexity index is 743. The molecule has 0 spiro atoms. The average molecular weight is 418 g/mol. The Kier molecular flexibility index (Phi) is 8.22. The van der Waals surface area contributed by atoms with E-state index in [0.717, 1.165) is 49.1 Å². The van der Waals surface area contributed by atoms with E-state index < -0.39 is 0 Å². The fourth-order valence-electron chi connectivity index (χ4n) is 3.12. The Hall–Kier alpha value is -1.53. The standard InChI is InChI=1S/C22H28ClN3OS/c1-25-10-12-26(13-11-25)15-19-4-2-18(3-5-19)14-24-22(27)17-28-16-20-6-8-21(23)9-7-20/h2-9H,10-17H2,1H3,(H,24,27). The van der Waals surface area contributed by atoms with E-state index >= 15 is 0 Å². The van der Waals surface area contributed by atoms with Gasteiger partial charge in [0.2, 0.25) is 5.91 Å². The number of benzene rings is 2. The molecule has 0 atom stereocenters. The molecule has 2 aromatic carbocycles. The van der Waals surface area contributed by atoms with E-state index in [0.29, 0.717) is 12.3 Å². The van der Waals surface area contributed by atoms with Crippen molar-refractivity contribution in [2.24, 2.45) is 0 Å². The highest BCUT2D eigenvalue weighted by molar-refractivity contribution is 7.99. The summed E-state index contributed by atoms with van der Waals surface area (Å²) < 4.78 is 0. The molecule has 1 fully saturated rings. The van der Waals surface area contributed by atoms with Crippen molar-refractivity contribution in [1.82, 2.24) is 15.1 Å². The molecule has 150 valence electrons. The molecule has 3 rings (SSSR count). The predicted molar refractivity (Wildman–Crippen MR) is 119 cm³/mol. The van der Waals surface area contributed by atoms with Crippen LogP contribution in [0.15, 0.2) is 48.5 Å². The maximum atomic E-state index is 12.1. The van der Waals surface area contributed by atoms with Crippen LogP contribution in [0.2, 0.25) is 5.02 Å². The minimum absolute atomic E-state index is 0.0699. The number of hydrogen-bond acceptors (Lipinski definition) is 4. The summed E-state index contributed by atoms with van der Waals surface area (Å²) in [4.78, 5) is 16.9. The first-order chi connectivity index (χ1) is 13.6. The first kappa shape index (κ1) is 21.2. The van der Waals surface area contributed by atoms with Crippen LogP contribution >= 0.6 is 23.4 Å². The molecule has 28 heavy (non-hydrogen) atoms. The van der Waals surface area contributed by atoms with Crippen LogP contribution in [0.4, 0.5) is 0 Å². The summed E-state index contributed by atoms with van der Waals surface area (Å²) in [5, 5.41) is 3.74. The summed E-state index contributed by atoms with van der Waals surface area (Å²) in [5.41, 5.74) is 3.65. The van der Waals surface area contributed by atoms with Gasteiger partial charge in [0, 0.05) is 50.0 Å². The zero-order chi connectivity index (χ0) is 19.8. The molecule has 2 aromatic rings. The zero-order valence-corrected chi connectivity index (χ0v) is 17.9. The molecule has 0 radical (unpaired) electrons. The molecule has 0 unspecified atom stereocenters. The van der Waals surface area contributed by atoms with E-state index in [4.69, 9.17) is 11.6 Å². The van der Waals surface area contributed by atoms with E-state index in [2.05, 4.69) is 46.4 Å². The summed E-state index contributed by atoms with van der Waals surface area (Å²) in [5.74, 6) is 1.34. The Balaban J connectivity index is 1.34. The molecule has 1 saturated heterocycles. The minimum Gasteiger partial charge on any atom is -0.351 e. The molecule has 6 heteroatoms. The number of carbonyl (C=O) groups excluding carboxylic acids is 1. The summed E-state index contributed by atoms with van der Waals surface area (Å²) in [6, 6.07) is 16.3. The Morgan fingerprint density at radius 3 is 2.25 bits per heavy atom. The van der Waals surface area contributed by atoms with Gasteiger partial charge in [-0.15, -0.1) is 11.8 Å². The third kappa shape index (κ3) is 7.13. The predicted octanol–water partition coefficient (Wildman–Crippen LogP) is 3.64. The van der Waals surface area contributed by atoms with Crippen molar-refractivity contribution < 1.29 is 4.79 Å². The molecular formula is C22H28ClN3OS. The summed E-state index contributed by atoms with van der Waals surface area (Å²) in [7, 11) is 2.18. The number of piperazine rings is 1. The largest absolute Gasteiger partial charge is 0.351 e. The van der Waals surface area contributed by atoms with Gasteiger partial charge in [-0.05, 0) is 35.9 Å². The molecule has 0 aliphatic carbocycles. The Morgan fingerprint density at radius 2 is 1.57 bits per heavy atom. The lowest BCUT2D eigenvalue weighted by Gasteiger charge is -2.32. The highest BCUT2D eigenvalue weighted by Gasteiger charge is 2.13. The molecule has 1 aliphatic heterocycles. The van der Waals surface area contributed by atoms with Crippen LogP contribution in [0, 0.1) is 0 Å². The van der Waals surface area contributed by atoms with Gasteiger partial charge in [0.1, 0.15) is 0 Å². The minimum atomic E-state index is 0.0699. The zero-order valence-electron chi connectivity index (χ0n) is 16.4. The van der Waals surface area contributed by atoms with Crippen molar-refractivity contribution in [1.29, 1.82) is 0 Å². The monoisotopic (exact) mass is 417 g/mol. The number of nitrogens with one attached hydrogen (secondary N) is 1. The van der Waals surface area contributed by atoms with Gasteiger partial charge >= 0.3 is 0 Å². The SMILES string of the molecule is CN1CCN(Cc2ccc(CNC(=O)CSCc3ccc(Cl)cc3)cc2)CC1. The highest BCUT2D eigenvalue weighted by atomic mass is 35.5. The molecule has 1 aliphatic rings. The molecule has 0 aromatic heterocycles. The number of halogens is 1. The van der Waals surface area contributed by atoms with Crippen molar-refractivity contribution in [3.05, 3.63) is 70.2 Å². The van der Waals surface area contributed by atoms with Crippen molar-refractivity contribution in [3.8, 4) is 0 Å². The molecule has 1 N–H and O–H groups in total. The van der Waals surface area contributed by atoms with Crippen molar-refractivity contribution >= 4 is 29.3 Å². The lowest BCUT2D eigenvalue weighted by atomic mass is 10.1. The molecule has 1 amide bonds. The Labute approximate surface area is 177 Å².